The molecule has 168 valence electrons. The van der Waals surface area contributed by atoms with Gasteiger partial charge in [-0.1, -0.05) is 0 Å². The van der Waals surface area contributed by atoms with E-state index in [-0.39, 0.29) is 23.7 Å². The quantitative estimate of drug-likeness (QED) is 0.410. The van der Waals surface area contributed by atoms with Gasteiger partial charge in [0.2, 0.25) is 0 Å². The second-order valence-electron chi connectivity index (χ2n) is 5.94. The molecule has 3 N–H and O–H groups in total. The molecule has 0 aliphatic carbocycles. The Morgan fingerprint density at radius 2 is 1.55 bits per heavy atom. The third kappa shape index (κ3) is 6.27. The van der Waals surface area contributed by atoms with Crippen molar-refractivity contribution in [2.24, 2.45) is 5.73 Å². The summed E-state index contributed by atoms with van der Waals surface area (Å²) in [5, 5.41) is 0.954. The largest absolute Gasteiger partial charge is 0.496 e. The summed E-state index contributed by atoms with van der Waals surface area (Å²) < 4.78 is 53.5. The Labute approximate surface area is 180 Å². The van der Waals surface area contributed by atoms with Crippen molar-refractivity contribution < 1.29 is 36.9 Å². The smallest absolute Gasteiger partial charge is 0.325 e. The lowest BCUT2D eigenvalue weighted by Gasteiger charge is -2.13. The highest BCUT2D eigenvalue weighted by atomic mass is 32.2. The topological polar surface area (TPSA) is 135 Å². The molecule has 0 spiro atoms. The van der Waals surface area contributed by atoms with Gasteiger partial charge in [-0.15, -0.1) is 0 Å². The molecule has 0 bridgehead atoms. The van der Waals surface area contributed by atoms with E-state index >= 15 is 0 Å². The number of methoxy groups -OCH3 is 4. The molecule has 0 atom stereocenters. The number of anilines is 1. The van der Waals surface area contributed by atoms with Crippen molar-refractivity contribution in [3.63, 3.8) is 0 Å². The van der Waals surface area contributed by atoms with E-state index in [1.165, 1.54) is 52.7 Å². The number of ether oxygens (including phenoxy) is 5. The predicted octanol–water partition coefficient (Wildman–Crippen LogP) is 2.00. The van der Waals surface area contributed by atoms with Crippen molar-refractivity contribution in [1.82, 2.24) is 0 Å². The van der Waals surface area contributed by atoms with Crippen LogP contribution in [0.5, 0.6) is 28.7 Å². The molecular formula is C20H24N2O8S. The minimum absolute atomic E-state index is 0.0284. The molecular weight excluding hydrogens is 428 g/mol. The Bertz CT molecular complexity index is 1040. The lowest BCUT2D eigenvalue weighted by Crippen LogP contribution is -2.20. The summed E-state index contributed by atoms with van der Waals surface area (Å²) in [6, 6.07) is 7.43. The van der Waals surface area contributed by atoms with Crippen molar-refractivity contribution in [1.29, 1.82) is 0 Å². The Morgan fingerprint density at radius 1 is 0.935 bits per heavy atom. The first-order chi connectivity index (χ1) is 14.8. The minimum atomic E-state index is -3.95. The van der Waals surface area contributed by atoms with Gasteiger partial charge in [-0.2, -0.15) is 0 Å². The molecule has 2 rings (SSSR count). The Kier molecular flexibility index (Phi) is 8.11. The molecule has 2 aromatic rings. The van der Waals surface area contributed by atoms with Gasteiger partial charge in [0.1, 0.15) is 17.2 Å². The molecule has 31 heavy (non-hydrogen) atoms. The van der Waals surface area contributed by atoms with Gasteiger partial charge in [-0.05, 0) is 18.2 Å². The Balaban J connectivity index is 2.33. The number of carbonyl (C=O) groups is 1. The number of carbonyl (C=O) groups excluding carboxylic acids is 1. The average Bonchev–Trinajstić information content (AvgIpc) is 2.76. The third-order valence-corrected chi connectivity index (χ3v) is 5.00. The zero-order valence-electron chi connectivity index (χ0n) is 17.5. The van der Waals surface area contributed by atoms with Crippen LogP contribution in [0.4, 0.5) is 5.69 Å². The molecule has 0 aliphatic heterocycles. The zero-order chi connectivity index (χ0) is 23.0. The second-order valence-corrected chi connectivity index (χ2v) is 7.51. The van der Waals surface area contributed by atoms with Gasteiger partial charge in [-0.25, -0.2) is 8.42 Å². The van der Waals surface area contributed by atoms with Crippen LogP contribution < -0.4 is 34.1 Å². The highest BCUT2D eigenvalue weighted by molar-refractivity contribution is 7.95. The van der Waals surface area contributed by atoms with Crippen molar-refractivity contribution >= 4 is 27.8 Å². The van der Waals surface area contributed by atoms with Crippen LogP contribution in [0, 0.1) is 0 Å². The number of esters is 1. The summed E-state index contributed by atoms with van der Waals surface area (Å²) in [6.07, 6.45) is 1.33. The number of hydrogen-bond acceptors (Lipinski definition) is 9. The predicted molar refractivity (Wildman–Crippen MR) is 115 cm³/mol. The molecule has 0 aromatic heterocycles. The van der Waals surface area contributed by atoms with Crippen LogP contribution >= 0.6 is 0 Å². The minimum Gasteiger partial charge on any atom is -0.496 e. The number of nitrogens with one attached hydrogen (secondary N) is 1. The van der Waals surface area contributed by atoms with E-state index in [0.717, 1.165) is 5.41 Å². The number of nitrogens with two attached hydrogens (primary N) is 1. The average molecular weight is 452 g/mol. The molecule has 0 radical (unpaired) electrons. The van der Waals surface area contributed by atoms with E-state index in [0.29, 0.717) is 22.8 Å². The SMILES string of the molecule is COc1cc(OC)c(/C=C/S(=O)(=O)Nc2ccc(OC)c(OC(=O)CN)c2)c(OC)c1. The summed E-state index contributed by atoms with van der Waals surface area (Å²) in [6.45, 7) is -0.340. The third-order valence-electron chi connectivity index (χ3n) is 3.98. The van der Waals surface area contributed by atoms with Gasteiger partial charge in [-0.3, -0.25) is 9.52 Å². The van der Waals surface area contributed by atoms with Gasteiger partial charge >= 0.3 is 5.97 Å². The summed E-state index contributed by atoms with van der Waals surface area (Å²) in [4.78, 5) is 11.5. The van der Waals surface area contributed by atoms with Crippen LogP contribution in [-0.2, 0) is 14.8 Å². The summed E-state index contributed by atoms with van der Waals surface area (Å²) in [7, 11) is 1.82. The zero-order valence-corrected chi connectivity index (χ0v) is 18.3. The fraction of sp³-hybridized carbons (Fsp3) is 0.250. The molecule has 0 amide bonds. The van der Waals surface area contributed by atoms with E-state index in [2.05, 4.69) is 4.72 Å². The maximum Gasteiger partial charge on any atom is 0.325 e. The Morgan fingerprint density at radius 3 is 2.06 bits per heavy atom. The molecule has 0 unspecified atom stereocenters. The molecule has 2 aromatic carbocycles. The van der Waals surface area contributed by atoms with E-state index < -0.39 is 16.0 Å². The molecule has 0 heterocycles. The van der Waals surface area contributed by atoms with Crippen LogP contribution in [0.3, 0.4) is 0 Å². The van der Waals surface area contributed by atoms with Crippen molar-refractivity contribution in [2.75, 3.05) is 39.7 Å². The highest BCUT2D eigenvalue weighted by Crippen LogP contribution is 2.35. The van der Waals surface area contributed by atoms with Crippen LogP contribution in [0.2, 0.25) is 0 Å². The highest BCUT2D eigenvalue weighted by Gasteiger charge is 2.15. The second kappa shape index (κ2) is 10.5. The van der Waals surface area contributed by atoms with E-state index in [9.17, 15) is 13.2 Å². The summed E-state index contributed by atoms with van der Waals surface area (Å²) in [5.74, 6) is 0.793. The first-order valence-corrected chi connectivity index (χ1v) is 10.4. The van der Waals surface area contributed by atoms with Gasteiger partial charge in [0.05, 0.1) is 51.6 Å². The number of rotatable bonds is 10. The van der Waals surface area contributed by atoms with Crippen LogP contribution in [0.1, 0.15) is 5.56 Å². The maximum atomic E-state index is 12.6. The van der Waals surface area contributed by atoms with Gasteiger partial charge in [0, 0.05) is 18.2 Å². The van der Waals surface area contributed by atoms with Crippen LogP contribution in [0.25, 0.3) is 6.08 Å². The summed E-state index contributed by atoms with van der Waals surface area (Å²) in [5.41, 5.74) is 5.81. The molecule has 0 fully saturated rings. The fourth-order valence-corrected chi connectivity index (χ4v) is 3.38. The maximum absolute atomic E-state index is 12.6. The molecule has 0 saturated carbocycles. The van der Waals surface area contributed by atoms with E-state index in [4.69, 9.17) is 29.4 Å². The van der Waals surface area contributed by atoms with Crippen LogP contribution in [-0.4, -0.2) is 49.4 Å². The monoisotopic (exact) mass is 452 g/mol. The molecule has 0 aliphatic rings. The van der Waals surface area contributed by atoms with E-state index in [1.807, 2.05) is 0 Å². The number of hydrogen-bond donors (Lipinski definition) is 2. The first kappa shape index (κ1) is 23.8. The normalized spacial score (nSPS) is 11.1. The van der Waals surface area contributed by atoms with Gasteiger partial charge < -0.3 is 29.4 Å². The standard InChI is InChI=1S/C20H24N2O8S/c1-26-14-10-17(28-3)15(18(11-14)29-4)7-8-31(24,25)22-13-5-6-16(27-2)19(9-13)30-20(23)12-21/h5-11,22H,12,21H2,1-4H3/b8-7+. The van der Waals surface area contributed by atoms with Crippen molar-refractivity contribution in [3.05, 3.63) is 41.3 Å². The Hall–Kier alpha value is -3.44. The lowest BCUT2D eigenvalue weighted by atomic mass is 10.1. The molecule has 11 heteroatoms. The number of sulfonamides is 1. The van der Waals surface area contributed by atoms with Gasteiger partial charge in [0.15, 0.2) is 11.5 Å². The van der Waals surface area contributed by atoms with Crippen molar-refractivity contribution in [3.8, 4) is 28.7 Å². The van der Waals surface area contributed by atoms with E-state index in [1.54, 1.807) is 12.1 Å². The molecule has 0 saturated heterocycles. The fourth-order valence-electron chi connectivity index (χ4n) is 2.54. The molecule has 10 nitrogen and oxygen atoms in total. The van der Waals surface area contributed by atoms with Gasteiger partial charge in [0.25, 0.3) is 10.0 Å². The number of benzene rings is 2. The lowest BCUT2D eigenvalue weighted by molar-refractivity contribution is -0.132. The first-order valence-electron chi connectivity index (χ1n) is 8.86. The van der Waals surface area contributed by atoms with Crippen molar-refractivity contribution in [2.45, 2.75) is 0 Å². The van der Waals surface area contributed by atoms with Crippen LogP contribution in [0.15, 0.2) is 35.7 Å². The summed E-state index contributed by atoms with van der Waals surface area (Å²) >= 11 is 0.